The molecule has 0 amide bonds. The maximum atomic E-state index is 6.21. The van der Waals surface area contributed by atoms with Crippen LogP contribution in [-0.4, -0.2) is 16.9 Å². The predicted molar refractivity (Wildman–Crippen MR) is 65.6 cm³/mol. The third-order valence-corrected chi connectivity index (χ3v) is 4.74. The Morgan fingerprint density at radius 1 is 1.21 bits per heavy atom. The van der Waals surface area contributed by atoms with Gasteiger partial charge in [0, 0.05) is 16.2 Å². The van der Waals surface area contributed by atoms with Gasteiger partial charge in [-0.05, 0) is 35.8 Å². The second-order valence-electron chi connectivity index (χ2n) is 3.64. The largest absolute Gasteiger partial charge is 0.160 e. The Morgan fingerprint density at radius 2 is 1.93 bits per heavy atom. The summed E-state index contributed by atoms with van der Waals surface area (Å²) in [5, 5.41) is 1.15. The van der Waals surface area contributed by atoms with Crippen LogP contribution in [0.1, 0.15) is 5.56 Å². The number of alkyl halides is 1. The Morgan fingerprint density at radius 3 is 2.50 bits per heavy atom. The van der Waals surface area contributed by atoms with Gasteiger partial charge in [0.15, 0.2) is 0 Å². The van der Waals surface area contributed by atoms with E-state index >= 15 is 0 Å². The van der Waals surface area contributed by atoms with Crippen molar-refractivity contribution in [2.45, 2.75) is 11.8 Å². The van der Waals surface area contributed by atoms with Gasteiger partial charge in [-0.1, -0.05) is 23.7 Å². The molecule has 3 heteroatoms. The lowest BCUT2D eigenvalue weighted by Gasteiger charge is -2.12. The molecule has 0 saturated carbocycles. The Bertz CT molecular complexity index is 297. The summed E-state index contributed by atoms with van der Waals surface area (Å²) in [4.78, 5) is 0. The van der Waals surface area contributed by atoms with Crippen molar-refractivity contribution in [1.29, 1.82) is 0 Å². The maximum Gasteiger partial charge on any atom is 0.0465 e. The second-order valence-corrected chi connectivity index (χ2v) is 5.72. The van der Waals surface area contributed by atoms with Crippen LogP contribution in [0.4, 0.5) is 0 Å². The number of benzene rings is 1. The summed E-state index contributed by atoms with van der Waals surface area (Å²) in [6, 6.07) is 8.08. The predicted octanol–water partition coefficient (Wildman–Crippen LogP) is 3.85. The van der Waals surface area contributed by atoms with Crippen LogP contribution in [0.2, 0.25) is 5.02 Å². The summed E-state index contributed by atoms with van der Waals surface area (Å²) in [5.74, 6) is 2.92. The first-order valence-corrected chi connectivity index (χ1v) is 6.69. The third-order valence-electron chi connectivity index (χ3n) is 2.53. The highest BCUT2D eigenvalue weighted by Crippen LogP contribution is 2.31. The molecule has 14 heavy (non-hydrogen) atoms. The molecule has 0 aliphatic carbocycles. The van der Waals surface area contributed by atoms with Gasteiger partial charge in [-0.15, -0.1) is 11.6 Å². The van der Waals surface area contributed by atoms with Gasteiger partial charge in [0.1, 0.15) is 0 Å². The summed E-state index contributed by atoms with van der Waals surface area (Å²) in [6.07, 6.45) is 1.08. The Hall–Kier alpha value is 0.150. The van der Waals surface area contributed by atoms with Gasteiger partial charge < -0.3 is 0 Å². The standard InChI is InChI=1S/C11H12Cl2S/c12-10-3-1-8(2-4-10)5-9-6-14-7-11(9)13/h1-4,9,11H,5-7H2. The number of rotatable bonds is 2. The summed E-state index contributed by atoms with van der Waals surface area (Å²) in [6.45, 7) is 0. The van der Waals surface area contributed by atoms with E-state index in [4.69, 9.17) is 23.2 Å². The summed E-state index contributed by atoms with van der Waals surface area (Å²) in [7, 11) is 0. The van der Waals surface area contributed by atoms with Gasteiger partial charge in [0.05, 0.1) is 0 Å². The number of hydrogen-bond acceptors (Lipinski definition) is 1. The molecule has 0 aromatic heterocycles. The molecule has 76 valence electrons. The van der Waals surface area contributed by atoms with Crippen molar-refractivity contribution in [3.8, 4) is 0 Å². The van der Waals surface area contributed by atoms with Crippen LogP contribution in [0.5, 0.6) is 0 Å². The smallest absolute Gasteiger partial charge is 0.0465 e. The zero-order valence-corrected chi connectivity index (χ0v) is 10.1. The van der Waals surface area contributed by atoms with Crippen LogP contribution in [0.15, 0.2) is 24.3 Å². The molecule has 1 heterocycles. The van der Waals surface area contributed by atoms with Crippen LogP contribution >= 0.6 is 35.0 Å². The van der Waals surface area contributed by atoms with Gasteiger partial charge in [-0.3, -0.25) is 0 Å². The van der Waals surface area contributed by atoms with E-state index in [-0.39, 0.29) is 0 Å². The molecule has 0 nitrogen and oxygen atoms in total. The highest BCUT2D eigenvalue weighted by atomic mass is 35.5. The van der Waals surface area contributed by atoms with E-state index in [0.29, 0.717) is 11.3 Å². The fourth-order valence-corrected chi connectivity index (χ4v) is 3.65. The first kappa shape index (κ1) is 10.7. The van der Waals surface area contributed by atoms with E-state index in [1.165, 1.54) is 11.3 Å². The number of hydrogen-bond donors (Lipinski definition) is 0. The Labute approximate surface area is 99.0 Å². The second kappa shape index (κ2) is 4.78. The van der Waals surface area contributed by atoms with Crippen LogP contribution in [0.25, 0.3) is 0 Å². The summed E-state index contributed by atoms with van der Waals surface area (Å²) < 4.78 is 0. The van der Waals surface area contributed by atoms with E-state index in [1.54, 1.807) is 0 Å². The molecule has 1 aromatic carbocycles. The SMILES string of the molecule is Clc1ccc(CC2CSCC2Cl)cc1. The normalized spacial score (nSPS) is 26.7. The monoisotopic (exact) mass is 246 g/mol. The quantitative estimate of drug-likeness (QED) is 0.715. The molecule has 1 aliphatic heterocycles. The van der Waals surface area contributed by atoms with Crippen molar-refractivity contribution in [3.63, 3.8) is 0 Å². The highest BCUT2D eigenvalue weighted by molar-refractivity contribution is 7.99. The van der Waals surface area contributed by atoms with Gasteiger partial charge in [-0.25, -0.2) is 0 Å². The van der Waals surface area contributed by atoms with E-state index in [0.717, 1.165) is 17.2 Å². The molecule has 1 saturated heterocycles. The average molecular weight is 247 g/mol. The van der Waals surface area contributed by atoms with E-state index in [2.05, 4.69) is 12.1 Å². The fourth-order valence-electron chi connectivity index (χ4n) is 1.68. The molecular formula is C11H12Cl2S. The molecule has 2 unspecified atom stereocenters. The maximum absolute atomic E-state index is 6.21. The molecule has 0 radical (unpaired) electrons. The van der Waals surface area contributed by atoms with Crippen molar-refractivity contribution in [2.24, 2.45) is 5.92 Å². The topological polar surface area (TPSA) is 0 Å². The van der Waals surface area contributed by atoms with E-state index < -0.39 is 0 Å². The van der Waals surface area contributed by atoms with E-state index in [1.807, 2.05) is 23.9 Å². The molecule has 2 atom stereocenters. The average Bonchev–Trinajstić information content (AvgIpc) is 2.56. The minimum atomic E-state index is 0.343. The summed E-state index contributed by atoms with van der Waals surface area (Å²) >= 11 is 14.0. The van der Waals surface area contributed by atoms with Gasteiger partial charge in [0.2, 0.25) is 0 Å². The van der Waals surface area contributed by atoms with Crippen molar-refractivity contribution in [3.05, 3.63) is 34.9 Å². The van der Waals surface area contributed by atoms with Crippen LogP contribution in [-0.2, 0) is 6.42 Å². The highest BCUT2D eigenvalue weighted by Gasteiger charge is 2.25. The van der Waals surface area contributed by atoms with Gasteiger partial charge >= 0.3 is 0 Å². The molecule has 2 rings (SSSR count). The van der Waals surface area contributed by atoms with E-state index in [9.17, 15) is 0 Å². The Kier molecular flexibility index (Phi) is 3.64. The van der Waals surface area contributed by atoms with Crippen molar-refractivity contribution < 1.29 is 0 Å². The lowest BCUT2D eigenvalue weighted by molar-refractivity contribution is 0.603. The first-order chi connectivity index (χ1) is 6.75. The van der Waals surface area contributed by atoms with Crippen LogP contribution in [0.3, 0.4) is 0 Å². The molecule has 1 aromatic rings. The number of halogens is 2. The zero-order valence-electron chi connectivity index (χ0n) is 7.75. The van der Waals surface area contributed by atoms with Gasteiger partial charge in [0.25, 0.3) is 0 Å². The summed E-state index contributed by atoms with van der Waals surface area (Å²) in [5.41, 5.74) is 1.34. The molecular weight excluding hydrogens is 235 g/mol. The third kappa shape index (κ3) is 2.59. The van der Waals surface area contributed by atoms with Crippen molar-refractivity contribution in [2.75, 3.05) is 11.5 Å². The molecule has 0 bridgehead atoms. The molecule has 0 N–H and O–H groups in total. The lowest BCUT2D eigenvalue weighted by atomic mass is 9.99. The Balaban J connectivity index is 2.00. The molecule has 1 fully saturated rings. The minimum Gasteiger partial charge on any atom is -0.160 e. The molecule has 0 spiro atoms. The first-order valence-electron chi connectivity index (χ1n) is 4.72. The lowest BCUT2D eigenvalue weighted by Crippen LogP contribution is -2.14. The van der Waals surface area contributed by atoms with Crippen LogP contribution < -0.4 is 0 Å². The minimum absolute atomic E-state index is 0.343. The van der Waals surface area contributed by atoms with Crippen LogP contribution in [0, 0.1) is 5.92 Å². The van der Waals surface area contributed by atoms with Gasteiger partial charge in [-0.2, -0.15) is 11.8 Å². The number of thioether (sulfide) groups is 1. The molecule has 1 aliphatic rings. The fraction of sp³-hybridized carbons (Fsp3) is 0.455. The zero-order chi connectivity index (χ0) is 9.97. The van der Waals surface area contributed by atoms with Crippen molar-refractivity contribution in [1.82, 2.24) is 0 Å². The van der Waals surface area contributed by atoms with Crippen molar-refractivity contribution >= 4 is 35.0 Å².